The molecule has 2 rings (SSSR count). The first-order valence-corrected chi connectivity index (χ1v) is 5.57. The molecule has 0 radical (unpaired) electrons. The van der Waals surface area contributed by atoms with Crippen LogP contribution in [0.2, 0.25) is 0 Å². The predicted octanol–water partition coefficient (Wildman–Crippen LogP) is 1.81. The van der Waals surface area contributed by atoms with Crippen LogP contribution in [0.5, 0.6) is 0 Å². The third-order valence-corrected chi connectivity index (χ3v) is 2.64. The Morgan fingerprint density at radius 2 is 2.22 bits per heavy atom. The van der Waals surface area contributed by atoms with Crippen molar-refractivity contribution in [1.29, 1.82) is 0 Å². The maximum absolute atomic E-state index is 11.0. The molecule has 0 aliphatic rings. The van der Waals surface area contributed by atoms with Crippen LogP contribution in [-0.4, -0.2) is 21.8 Å². The first-order chi connectivity index (χ1) is 8.63. The van der Waals surface area contributed by atoms with Crippen molar-refractivity contribution >= 4 is 5.69 Å². The summed E-state index contributed by atoms with van der Waals surface area (Å²) in [5.41, 5.74) is 2.25. The van der Waals surface area contributed by atoms with Crippen molar-refractivity contribution in [3.05, 3.63) is 51.8 Å². The van der Waals surface area contributed by atoms with Gasteiger partial charge >= 0.3 is 0 Å². The quantitative estimate of drug-likeness (QED) is 0.659. The maximum Gasteiger partial charge on any atom is 0.295 e. The average molecular weight is 246 g/mol. The lowest BCUT2D eigenvalue weighted by Crippen LogP contribution is -2.07. The summed E-state index contributed by atoms with van der Waals surface area (Å²) >= 11 is 0. The first kappa shape index (κ1) is 12.3. The van der Waals surface area contributed by atoms with Crippen LogP contribution >= 0.6 is 0 Å². The molecular formula is C12H14N4O2. The second-order valence-corrected chi connectivity index (χ2v) is 3.98. The molecule has 6 nitrogen and oxygen atoms in total. The molecule has 0 aliphatic heterocycles. The van der Waals surface area contributed by atoms with E-state index in [9.17, 15) is 10.1 Å². The van der Waals surface area contributed by atoms with Gasteiger partial charge in [-0.1, -0.05) is 12.1 Å². The van der Waals surface area contributed by atoms with E-state index in [4.69, 9.17) is 0 Å². The fraction of sp³-hybridized carbons (Fsp3) is 0.250. The molecule has 18 heavy (non-hydrogen) atoms. The van der Waals surface area contributed by atoms with Gasteiger partial charge in [0.1, 0.15) is 5.69 Å². The van der Waals surface area contributed by atoms with Gasteiger partial charge in [0.05, 0.1) is 10.6 Å². The minimum Gasteiger partial charge on any atom is -0.314 e. The molecule has 94 valence electrons. The van der Waals surface area contributed by atoms with E-state index < -0.39 is 0 Å². The zero-order chi connectivity index (χ0) is 13.1. The summed E-state index contributed by atoms with van der Waals surface area (Å²) in [6, 6.07) is 6.84. The molecule has 0 saturated carbocycles. The number of aryl methyl sites for hydroxylation is 1. The number of nitrogens with zero attached hydrogens (tertiary/aromatic N) is 3. The number of nitrogens with one attached hydrogen (secondary N) is 1. The molecule has 6 heteroatoms. The van der Waals surface area contributed by atoms with Crippen molar-refractivity contribution in [2.75, 3.05) is 7.05 Å². The fourth-order valence-electron chi connectivity index (χ4n) is 1.85. The summed E-state index contributed by atoms with van der Waals surface area (Å²) < 4.78 is 1.56. The molecule has 2 aromatic rings. The van der Waals surface area contributed by atoms with E-state index in [-0.39, 0.29) is 10.6 Å². The SMILES string of the molecule is CNCc1ccn(-c2c(C)cccc2[N+](=O)[O-])n1. The summed E-state index contributed by atoms with van der Waals surface area (Å²) in [6.07, 6.45) is 1.74. The normalized spacial score (nSPS) is 10.6. The Morgan fingerprint density at radius 3 is 2.89 bits per heavy atom. The summed E-state index contributed by atoms with van der Waals surface area (Å²) in [4.78, 5) is 10.6. The minimum atomic E-state index is -0.387. The van der Waals surface area contributed by atoms with E-state index in [0.29, 0.717) is 12.2 Å². The Kier molecular flexibility index (Phi) is 3.38. The van der Waals surface area contributed by atoms with Crippen LogP contribution < -0.4 is 5.32 Å². The van der Waals surface area contributed by atoms with Gasteiger partial charge in [0.25, 0.3) is 5.69 Å². The topological polar surface area (TPSA) is 73.0 Å². The van der Waals surface area contributed by atoms with E-state index in [1.54, 1.807) is 16.9 Å². The van der Waals surface area contributed by atoms with Crippen LogP contribution in [0.4, 0.5) is 5.69 Å². The van der Waals surface area contributed by atoms with Crippen LogP contribution in [0.25, 0.3) is 5.69 Å². The zero-order valence-electron chi connectivity index (χ0n) is 10.3. The van der Waals surface area contributed by atoms with Crippen molar-refractivity contribution in [2.24, 2.45) is 0 Å². The minimum absolute atomic E-state index is 0.0640. The molecule has 0 amide bonds. The number of rotatable bonds is 4. The smallest absolute Gasteiger partial charge is 0.295 e. The highest BCUT2D eigenvalue weighted by Crippen LogP contribution is 2.25. The Hall–Kier alpha value is -2.21. The van der Waals surface area contributed by atoms with Crippen molar-refractivity contribution < 1.29 is 4.92 Å². The highest BCUT2D eigenvalue weighted by atomic mass is 16.6. The van der Waals surface area contributed by atoms with Crippen molar-refractivity contribution in [2.45, 2.75) is 13.5 Å². The molecule has 0 aliphatic carbocycles. The molecule has 0 atom stereocenters. The lowest BCUT2D eigenvalue weighted by atomic mass is 10.1. The van der Waals surface area contributed by atoms with Crippen LogP contribution in [0, 0.1) is 17.0 Å². The van der Waals surface area contributed by atoms with E-state index in [2.05, 4.69) is 10.4 Å². The van der Waals surface area contributed by atoms with E-state index >= 15 is 0 Å². The molecule has 0 fully saturated rings. The average Bonchev–Trinajstić information content (AvgIpc) is 2.77. The summed E-state index contributed by atoms with van der Waals surface area (Å²) in [7, 11) is 1.83. The zero-order valence-corrected chi connectivity index (χ0v) is 10.3. The summed E-state index contributed by atoms with van der Waals surface area (Å²) in [5.74, 6) is 0. The molecule has 1 aromatic carbocycles. The predicted molar refractivity (Wildman–Crippen MR) is 67.7 cm³/mol. The van der Waals surface area contributed by atoms with Gasteiger partial charge in [-0.3, -0.25) is 10.1 Å². The highest BCUT2D eigenvalue weighted by Gasteiger charge is 2.17. The number of hydrogen-bond donors (Lipinski definition) is 1. The van der Waals surface area contributed by atoms with Gasteiger partial charge in [-0.2, -0.15) is 5.10 Å². The lowest BCUT2D eigenvalue weighted by molar-refractivity contribution is -0.384. The molecule has 0 unspecified atom stereocenters. The number of benzene rings is 1. The maximum atomic E-state index is 11.0. The Morgan fingerprint density at radius 1 is 1.44 bits per heavy atom. The number of nitro benzene ring substituents is 1. The van der Waals surface area contributed by atoms with Gasteiger partial charge in [0, 0.05) is 18.8 Å². The van der Waals surface area contributed by atoms with Gasteiger partial charge in [-0.15, -0.1) is 0 Å². The van der Waals surface area contributed by atoms with Crippen LogP contribution in [0.15, 0.2) is 30.5 Å². The second-order valence-electron chi connectivity index (χ2n) is 3.98. The first-order valence-electron chi connectivity index (χ1n) is 5.57. The number of nitro groups is 1. The third kappa shape index (κ3) is 2.23. The Labute approximate surface area is 104 Å². The largest absolute Gasteiger partial charge is 0.314 e. The Balaban J connectivity index is 2.51. The van der Waals surface area contributed by atoms with E-state index in [1.807, 2.05) is 26.1 Å². The van der Waals surface area contributed by atoms with Gasteiger partial charge < -0.3 is 5.32 Å². The van der Waals surface area contributed by atoms with Crippen LogP contribution in [0.1, 0.15) is 11.3 Å². The number of para-hydroxylation sites is 1. The molecule has 0 spiro atoms. The standard InChI is InChI=1S/C12H14N4O2/c1-9-4-3-5-11(16(17)18)12(9)15-7-6-10(14-15)8-13-2/h3-7,13H,8H2,1-2H3. The number of aromatic nitrogens is 2. The van der Waals surface area contributed by atoms with Gasteiger partial charge in [-0.25, -0.2) is 4.68 Å². The highest BCUT2D eigenvalue weighted by molar-refractivity contribution is 5.56. The van der Waals surface area contributed by atoms with Crippen molar-refractivity contribution in [1.82, 2.24) is 15.1 Å². The van der Waals surface area contributed by atoms with Gasteiger partial charge in [0.2, 0.25) is 0 Å². The van der Waals surface area contributed by atoms with Crippen LogP contribution in [-0.2, 0) is 6.54 Å². The van der Waals surface area contributed by atoms with Crippen LogP contribution in [0.3, 0.4) is 0 Å². The molecule has 1 aromatic heterocycles. The van der Waals surface area contributed by atoms with E-state index in [1.165, 1.54) is 6.07 Å². The fourth-order valence-corrected chi connectivity index (χ4v) is 1.85. The third-order valence-electron chi connectivity index (χ3n) is 2.64. The monoisotopic (exact) mass is 246 g/mol. The summed E-state index contributed by atoms with van der Waals surface area (Å²) in [6.45, 7) is 2.47. The van der Waals surface area contributed by atoms with Crippen molar-refractivity contribution in [3.63, 3.8) is 0 Å². The Bertz CT molecular complexity index is 577. The van der Waals surface area contributed by atoms with Crippen molar-refractivity contribution in [3.8, 4) is 5.69 Å². The number of hydrogen-bond acceptors (Lipinski definition) is 4. The molecule has 0 bridgehead atoms. The molecule has 1 N–H and O–H groups in total. The van der Waals surface area contributed by atoms with Gasteiger partial charge in [-0.05, 0) is 25.6 Å². The summed E-state index contributed by atoms with van der Waals surface area (Å²) in [5, 5.41) is 18.3. The lowest BCUT2D eigenvalue weighted by Gasteiger charge is -2.06. The molecule has 1 heterocycles. The van der Waals surface area contributed by atoms with Gasteiger partial charge in [0.15, 0.2) is 0 Å². The second kappa shape index (κ2) is 4.97. The van der Waals surface area contributed by atoms with E-state index in [0.717, 1.165) is 11.3 Å². The molecular weight excluding hydrogens is 232 g/mol. The molecule has 0 saturated heterocycles.